The van der Waals surface area contributed by atoms with Crippen LogP contribution in [0.2, 0.25) is 10.0 Å². The van der Waals surface area contributed by atoms with Gasteiger partial charge in [0.05, 0.1) is 35.5 Å². The Hall–Kier alpha value is -2.48. The SMILES string of the molecule is CCN(CC)CCOc1cc2ncnc(Nc3cc(OC)c(Cl)cc3Cl)c2cc1OC. The topological polar surface area (TPSA) is 68.7 Å². The van der Waals surface area contributed by atoms with Crippen molar-refractivity contribution >= 4 is 45.6 Å². The van der Waals surface area contributed by atoms with Crippen molar-refractivity contribution in [3.05, 3.63) is 40.6 Å². The fraction of sp³-hybridized carbons (Fsp3) is 0.364. The summed E-state index contributed by atoms with van der Waals surface area (Å²) in [5, 5.41) is 4.88. The number of hydrogen-bond donors (Lipinski definition) is 1. The third-order valence-corrected chi connectivity index (χ3v) is 5.58. The molecule has 0 aliphatic rings. The molecule has 166 valence electrons. The van der Waals surface area contributed by atoms with Crippen molar-refractivity contribution in [2.24, 2.45) is 0 Å². The Bertz CT molecular complexity index is 1040. The third kappa shape index (κ3) is 5.42. The first-order valence-corrected chi connectivity index (χ1v) is 10.7. The lowest BCUT2D eigenvalue weighted by molar-refractivity contribution is 0.217. The molecule has 1 N–H and O–H groups in total. The minimum absolute atomic E-state index is 0.429. The molecule has 0 aliphatic heterocycles. The number of halogens is 2. The van der Waals surface area contributed by atoms with Crippen molar-refractivity contribution in [2.45, 2.75) is 13.8 Å². The van der Waals surface area contributed by atoms with E-state index in [9.17, 15) is 0 Å². The lowest BCUT2D eigenvalue weighted by Gasteiger charge is -2.19. The van der Waals surface area contributed by atoms with Crippen LogP contribution in [0.15, 0.2) is 30.6 Å². The molecule has 0 saturated heterocycles. The summed E-state index contributed by atoms with van der Waals surface area (Å²) in [4.78, 5) is 11.1. The lowest BCUT2D eigenvalue weighted by Crippen LogP contribution is -2.27. The highest BCUT2D eigenvalue weighted by Crippen LogP contribution is 2.38. The first-order chi connectivity index (χ1) is 15.0. The third-order valence-electron chi connectivity index (χ3n) is 4.97. The second-order valence-corrected chi connectivity index (χ2v) is 7.52. The Balaban J connectivity index is 1.91. The minimum Gasteiger partial charge on any atom is -0.495 e. The molecule has 0 saturated carbocycles. The van der Waals surface area contributed by atoms with Crippen LogP contribution in [-0.2, 0) is 0 Å². The summed E-state index contributed by atoms with van der Waals surface area (Å²) in [6.45, 7) is 7.62. The molecule has 2 aromatic carbocycles. The molecule has 0 unspecified atom stereocenters. The highest BCUT2D eigenvalue weighted by Gasteiger charge is 2.14. The molecule has 1 heterocycles. The zero-order valence-corrected chi connectivity index (χ0v) is 19.5. The van der Waals surface area contributed by atoms with Crippen molar-refractivity contribution in [1.82, 2.24) is 14.9 Å². The van der Waals surface area contributed by atoms with Crippen molar-refractivity contribution in [1.29, 1.82) is 0 Å². The standard InChI is InChI=1S/C22H26Cl2N4O3/c1-5-28(6-2)7-8-31-21-11-17-14(9-20(21)30-4)22(26-13-25-17)27-18-12-19(29-3)16(24)10-15(18)23/h9-13H,5-8H2,1-4H3,(H,25,26,27). The van der Waals surface area contributed by atoms with Gasteiger partial charge in [-0.2, -0.15) is 0 Å². The molecule has 1 aromatic heterocycles. The number of hydrogen-bond acceptors (Lipinski definition) is 7. The van der Waals surface area contributed by atoms with Crippen molar-refractivity contribution in [3.8, 4) is 17.2 Å². The van der Waals surface area contributed by atoms with Crippen LogP contribution in [0.1, 0.15) is 13.8 Å². The Kier molecular flexibility index (Phi) is 8.01. The predicted octanol–water partition coefficient (Wildman–Crippen LogP) is 5.42. The molecule has 0 amide bonds. The van der Waals surface area contributed by atoms with Crippen molar-refractivity contribution < 1.29 is 14.2 Å². The van der Waals surface area contributed by atoms with E-state index in [0.29, 0.717) is 50.9 Å². The number of likely N-dealkylation sites (N-methyl/N-ethyl adjacent to an activating group) is 1. The number of rotatable bonds is 10. The molecule has 0 spiro atoms. The number of benzene rings is 2. The van der Waals surface area contributed by atoms with Crippen LogP contribution in [-0.4, -0.2) is 55.3 Å². The zero-order chi connectivity index (χ0) is 22.4. The smallest absolute Gasteiger partial charge is 0.163 e. The maximum atomic E-state index is 6.36. The van der Waals surface area contributed by atoms with E-state index in [1.807, 2.05) is 12.1 Å². The van der Waals surface area contributed by atoms with E-state index in [4.69, 9.17) is 37.4 Å². The van der Waals surface area contributed by atoms with E-state index in [2.05, 4.69) is 34.0 Å². The zero-order valence-electron chi connectivity index (χ0n) is 18.0. The molecule has 3 aromatic rings. The number of anilines is 2. The first-order valence-electron chi connectivity index (χ1n) is 9.98. The van der Waals surface area contributed by atoms with Crippen LogP contribution in [0.25, 0.3) is 10.9 Å². The van der Waals surface area contributed by atoms with Gasteiger partial charge >= 0.3 is 0 Å². The molecule has 31 heavy (non-hydrogen) atoms. The van der Waals surface area contributed by atoms with Gasteiger partial charge in [-0.1, -0.05) is 37.0 Å². The van der Waals surface area contributed by atoms with Gasteiger partial charge in [-0.25, -0.2) is 9.97 Å². The van der Waals surface area contributed by atoms with Gasteiger partial charge < -0.3 is 24.4 Å². The number of nitrogens with one attached hydrogen (secondary N) is 1. The number of nitrogens with zero attached hydrogens (tertiary/aromatic N) is 3. The van der Waals surface area contributed by atoms with Crippen molar-refractivity contribution in [3.63, 3.8) is 0 Å². The molecule has 7 nitrogen and oxygen atoms in total. The van der Waals surface area contributed by atoms with Gasteiger partial charge in [-0.05, 0) is 25.2 Å². The van der Waals surface area contributed by atoms with Crippen LogP contribution >= 0.6 is 23.2 Å². The predicted molar refractivity (Wildman–Crippen MR) is 126 cm³/mol. The second-order valence-electron chi connectivity index (χ2n) is 6.71. The minimum atomic E-state index is 0.429. The van der Waals surface area contributed by atoms with E-state index in [1.54, 1.807) is 26.4 Å². The Labute approximate surface area is 192 Å². The Morgan fingerprint density at radius 1 is 0.903 bits per heavy atom. The van der Waals surface area contributed by atoms with E-state index in [-0.39, 0.29) is 0 Å². The molecule has 3 rings (SSSR count). The maximum absolute atomic E-state index is 6.36. The summed E-state index contributed by atoms with van der Waals surface area (Å²) in [5.74, 6) is 2.32. The molecule has 9 heteroatoms. The van der Waals surface area contributed by atoms with Crippen LogP contribution in [0.4, 0.5) is 11.5 Å². The van der Waals surface area contributed by atoms with Gasteiger partial charge in [0.2, 0.25) is 0 Å². The number of fused-ring (bicyclic) bond motifs is 1. The summed E-state index contributed by atoms with van der Waals surface area (Å²) >= 11 is 12.5. The van der Waals surface area contributed by atoms with Crippen LogP contribution < -0.4 is 19.5 Å². The maximum Gasteiger partial charge on any atom is 0.163 e. The normalized spacial score (nSPS) is 11.1. The number of aromatic nitrogens is 2. The quantitative estimate of drug-likeness (QED) is 0.429. The average Bonchev–Trinajstić information content (AvgIpc) is 2.78. The van der Waals surface area contributed by atoms with E-state index in [0.717, 1.165) is 25.0 Å². The molecular weight excluding hydrogens is 439 g/mol. The second kappa shape index (κ2) is 10.7. The Morgan fingerprint density at radius 3 is 2.32 bits per heavy atom. The van der Waals surface area contributed by atoms with E-state index < -0.39 is 0 Å². The highest BCUT2D eigenvalue weighted by molar-refractivity contribution is 6.37. The number of ether oxygens (including phenoxy) is 3. The van der Waals surface area contributed by atoms with Crippen molar-refractivity contribution in [2.75, 3.05) is 45.8 Å². The van der Waals surface area contributed by atoms with Gasteiger partial charge in [0.1, 0.15) is 24.5 Å². The molecule has 0 radical (unpaired) electrons. The number of methoxy groups -OCH3 is 2. The monoisotopic (exact) mass is 464 g/mol. The van der Waals surface area contributed by atoms with Gasteiger partial charge in [0.25, 0.3) is 0 Å². The van der Waals surface area contributed by atoms with Gasteiger partial charge in [-0.15, -0.1) is 0 Å². The summed E-state index contributed by atoms with van der Waals surface area (Å²) in [6, 6.07) is 7.05. The van der Waals surface area contributed by atoms with Gasteiger partial charge in [0, 0.05) is 24.1 Å². The Morgan fingerprint density at radius 2 is 1.65 bits per heavy atom. The first kappa shape index (κ1) is 23.2. The largest absolute Gasteiger partial charge is 0.495 e. The summed E-state index contributed by atoms with van der Waals surface area (Å²) < 4.78 is 16.8. The highest BCUT2D eigenvalue weighted by atomic mass is 35.5. The van der Waals surface area contributed by atoms with Crippen LogP contribution in [0.3, 0.4) is 0 Å². The van der Waals surface area contributed by atoms with Crippen LogP contribution in [0.5, 0.6) is 17.2 Å². The van der Waals surface area contributed by atoms with Crippen LogP contribution in [0, 0.1) is 0 Å². The molecule has 0 bridgehead atoms. The fourth-order valence-corrected chi connectivity index (χ4v) is 3.68. The fourth-order valence-electron chi connectivity index (χ4n) is 3.17. The average molecular weight is 465 g/mol. The van der Waals surface area contributed by atoms with E-state index in [1.165, 1.54) is 6.33 Å². The lowest BCUT2D eigenvalue weighted by atomic mass is 10.2. The molecule has 0 fully saturated rings. The summed E-state index contributed by atoms with van der Waals surface area (Å²) in [7, 11) is 3.15. The molecule has 0 aliphatic carbocycles. The molecule has 0 atom stereocenters. The summed E-state index contributed by atoms with van der Waals surface area (Å²) in [6.07, 6.45) is 1.48. The van der Waals surface area contributed by atoms with E-state index >= 15 is 0 Å². The summed E-state index contributed by atoms with van der Waals surface area (Å²) in [5.41, 5.74) is 1.33. The van der Waals surface area contributed by atoms with Gasteiger partial charge in [0.15, 0.2) is 11.5 Å². The molecular formula is C22H26Cl2N4O3. The van der Waals surface area contributed by atoms with Gasteiger partial charge in [-0.3, -0.25) is 0 Å².